The van der Waals surface area contributed by atoms with Crippen molar-refractivity contribution in [2.24, 2.45) is 23.7 Å². The standard InChI is InChI=1S/2C18H15P.C15H12O3S.C9H5BrO2S.C6H8O.Cl2.Cu.HI.Pd/c2*1-4-10-16(11-5-1)19(17-12-6-2-7-13-17)18-14-8-3-9-15-18;16-8-12-6-10(12)3-1-9-2-4-11-7-14(15(17)18)19-13(11)5-9;10-6-2-1-5-3-8(9(11)12)13-7(5)4-6;1-2-5-3-6(5)4-7;1-2;;;/h2*1-15H;2,4-5,7,10,12,16H,6,8H2,(H,17,18);1-4H,(H,11,12);1,5-7H,3-4H2;;;1H;/q;;;;;;+1;;/p-1/t;;10?,12-;;5-,6+;;;;/m..1.0..../s1. The van der Waals surface area contributed by atoms with E-state index >= 15 is 0 Å². The Labute approximate surface area is 542 Å². The van der Waals surface area contributed by atoms with E-state index in [4.69, 9.17) is 26.8 Å². The number of thiophene rings is 2. The minimum atomic E-state index is -0.891. The van der Waals surface area contributed by atoms with E-state index < -0.39 is 27.8 Å². The number of benzene rings is 8. The van der Waals surface area contributed by atoms with Crippen LogP contribution in [0.15, 0.2) is 235 Å². The van der Waals surface area contributed by atoms with Crippen molar-refractivity contribution in [3.8, 4) is 24.2 Å². The molecule has 2 saturated carbocycles. The fourth-order valence-electron chi connectivity index (χ4n) is 8.14. The fraction of sp³-hybridized carbons (Fsp3) is 0.121. The second-order valence-electron chi connectivity index (χ2n) is 18.0. The van der Waals surface area contributed by atoms with Gasteiger partial charge in [0.2, 0.25) is 0 Å². The largest absolute Gasteiger partial charge is 0.0622 e. The van der Waals surface area contributed by atoms with Crippen molar-refractivity contribution in [2.45, 2.75) is 12.8 Å². The van der Waals surface area contributed by atoms with E-state index in [1.54, 1.807) is 32.5 Å². The van der Waals surface area contributed by atoms with E-state index in [0.29, 0.717) is 33.4 Å². The summed E-state index contributed by atoms with van der Waals surface area (Å²) in [5, 5.41) is 45.4. The molecule has 426 valence electrons. The molecular weight excluding hydrogens is 1460 g/mol. The zero-order valence-electron chi connectivity index (χ0n) is 43.6. The average Bonchev–Trinajstić information content (AvgIpc) is 4.43. The summed E-state index contributed by atoms with van der Waals surface area (Å²) in [4.78, 5) is 22.3. The molecule has 0 bridgehead atoms. The van der Waals surface area contributed by atoms with Crippen LogP contribution in [-0.4, -0.2) is 45.6 Å². The first-order valence-corrected chi connectivity index (χ1v) is 34.5. The molecule has 2 aliphatic rings. The zero-order chi connectivity index (χ0) is 57.9. The third-order valence-corrected chi connectivity index (χ3v) is 20.0. The van der Waals surface area contributed by atoms with E-state index in [1.807, 2.05) is 36.4 Å². The van der Waals surface area contributed by atoms with Gasteiger partial charge in [-0.2, -0.15) is 0 Å². The minimum absolute atomic E-state index is 0. The van der Waals surface area contributed by atoms with Crippen LogP contribution in [0.4, 0.5) is 0 Å². The van der Waals surface area contributed by atoms with Crippen molar-refractivity contribution in [3.05, 3.63) is 250 Å². The van der Waals surface area contributed by atoms with Crippen LogP contribution in [0, 0.1) is 47.9 Å². The molecule has 4 atom stereocenters. The molecular formula is C66H55BrCl2CuIO6P2PdS2. The third kappa shape index (κ3) is 21.2. The molecule has 10 aromatic rings. The molecule has 16 heteroatoms. The molecule has 2 aliphatic carbocycles. The van der Waals surface area contributed by atoms with E-state index in [2.05, 4.69) is 250 Å². The maximum Gasteiger partial charge on any atom is 0 e. The fourth-order valence-corrected chi connectivity index (χ4v) is 15.1. The SMILES string of the molecule is C#C[C@H]1C[C@@H]1CO.ClCl.O=C(O)c1cc2ccc(Br)cc2s1.O=C(O)c1cc2ccc(C#CC3C[C@@H]3CO)cc2s1.[Cu][I].[Pd].c1ccc(P(c2ccccc2)c2ccccc2)cc1.c1ccc(P(c2ccccc2)c2ccccc2)cc1. The molecule has 0 saturated heterocycles. The van der Waals surface area contributed by atoms with Crippen molar-refractivity contribution < 1.29 is 63.2 Å². The average molecular weight is 1520 g/mol. The number of fused-ring (bicyclic) bond motifs is 2. The quantitative estimate of drug-likeness (QED) is 0.0469. The normalized spacial score (nSPS) is 14.7. The molecule has 8 aromatic carbocycles. The second kappa shape index (κ2) is 37.0. The molecule has 1 unspecified atom stereocenters. The number of carboxylic acid groups (broad SMARTS) is 2. The van der Waals surface area contributed by atoms with Crippen LogP contribution in [-0.2, 0) is 33.2 Å². The first-order valence-electron chi connectivity index (χ1n) is 25.2. The number of terminal acetylenes is 1. The maximum atomic E-state index is 10.9. The van der Waals surface area contributed by atoms with Crippen LogP contribution in [0.1, 0.15) is 37.7 Å². The van der Waals surface area contributed by atoms with Crippen molar-refractivity contribution >= 4 is 160 Å². The number of aliphatic hydroxyl groups excluding tert-OH is 2. The summed E-state index contributed by atoms with van der Waals surface area (Å²) in [5.41, 5.74) is 0.898. The molecule has 0 spiro atoms. The Kier molecular flexibility index (Phi) is 30.8. The molecule has 0 radical (unpaired) electrons. The van der Waals surface area contributed by atoms with Gasteiger partial charge in [-0.25, -0.2) is 9.59 Å². The number of halogens is 4. The maximum absolute atomic E-state index is 10.9. The number of rotatable bonds is 10. The minimum Gasteiger partial charge on any atom is -0.0622 e. The molecule has 6 nitrogen and oxygen atoms in total. The number of aromatic carboxylic acids is 2. The van der Waals surface area contributed by atoms with E-state index in [1.165, 1.54) is 54.5 Å². The number of hydrogen-bond donors (Lipinski definition) is 4. The van der Waals surface area contributed by atoms with E-state index in [9.17, 15) is 9.59 Å². The van der Waals surface area contributed by atoms with Crippen molar-refractivity contribution in [2.75, 3.05) is 13.2 Å². The summed E-state index contributed by atoms with van der Waals surface area (Å²) >= 11 is 11.8. The Hall–Kier alpha value is -4.51. The predicted octanol–water partition coefficient (Wildman–Crippen LogP) is 15.3. The summed E-state index contributed by atoms with van der Waals surface area (Å²) in [7, 11) is 7.33. The van der Waals surface area contributed by atoms with Gasteiger partial charge in [0.1, 0.15) is 9.75 Å². The van der Waals surface area contributed by atoms with Gasteiger partial charge in [0, 0.05) is 86.6 Å². The van der Waals surface area contributed by atoms with Gasteiger partial charge in [-0.3, -0.25) is 0 Å². The third-order valence-electron chi connectivity index (χ3n) is 12.4. The van der Waals surface area contributed by atoms with E-state index in [-0.39, 0.29) is 33.6 Å². The molecule has 0 amide bonds. The number of carbonyl (C=O) groups is 2. The Morgan fingerprint density at radius 1 is 0.524 bits per heavy atom. The topological polar surface area (TPSA) is 115 Å². The van der Waals surface area contributed by atoms with Crippen molar-refractivity contribution in [3.63, 3.8) is 0 Å². The summed E-state index contributed by atoms with van der Waals surface area (Å²) in [5.74, 6) is 8.56. The zero-order valence-corrected chi connectivity index (χ0v) is 54.8. The Morgan fingerprint density at radius 3 is 1.13 bits per heavy atom. The van der Waals surface area contributed by atoms with Gasteiger partial charge in [0.25, 0.3) is 0 Å². The van der Waals surface area contributed by atoms with Crippen LogP contribution in [0.25, 0.3) is 20.2 Å². The molecule has 12 rings (SSSR count). The van der Waals surface area contributed by atoms with Crippen LogP contribution < -0.4 is 31.8 Å². The predicted molar refractivity (Wildman–Crippen MR) is 354 cm³/mol. The molecule has 4 N–H and O–H groups in total. The summed E-state index contributed by atoms with van der Waals surface area (Å²) in [6.07, 6.45) is 7.05. The second-order valence-corrected chi connectivity index (χ2v) is 25.5. The van der Waals surface area contributed by atoms with E-state index in [0.717, 1.165) is 43.1 Å². The number of aliphatic hydroxyl groups is 2. The van der Waals surface area contributed by atoms with Crippen molar-refractivity contribution in [1.29, 1.82) is 0 Å². The van der Waals surface area contributed by atoms with Crippen LogP contribution >= 0.6 is 96.5 Å². The van der Waals surface area contributed by atoms with Crippen LogP contribution in [0.2, 0.25) is 0 Å². The van der Waals surface area contributed by atoms with Gasteiger partial charge in [0.15, 0.2) is 0 Å². The smallest absolute Gasteiger partial charge is 0 e. The van der Waals surface area contributed by atoms with Gasteiger partial charge in [-0.05, 0) is 120 Å². The first-order chi connectivity index (χ1) is 39.6. The molecule has 2 aromatic heterocycles. The van der Waals surface area contributed by atoms with Gasteiger partial charge >= 0.3 is 45.0 Å². The molecule has 0 aliphatic heterocycles. The Morgan fingerprint density at radius 2 is 0.841 bits per heavy atom. The number of carboxylic acids is 2. The van der Waals surface area contributed by atoms with Crippen LogP contribution in [0.5, 0.6) is 0 Å². The van der Waals surface area contributed by atoms with Gasteiger partial charge in [0.05, 0.1) is 0 Å². The Balaban J connectivity index is 0.000000189. The Bertz CT molecular complexity index is 3310. The monoisotopic (exact) mass is 1510 g/mol. The van der Waals surface area contributed by atoms with Crippen molar-refractivity contribution in [1.82, 2.24) is 0 Å². The molecule has 2 fully saturated rings. The number of hydrogen-bond acceptors (Lipinski definition) is 6. The molecule has 2 heterocycles. The summed E-state index contributed by atoms with van der Waals surface area (Å²) < 4.78 is 2.91. The van der Waals surface area contributed by atoms with Gasteiger partial charge in [-0.1, -0.05) is 222 Å². The van der Waals surface area contributed by atoms with Gasteiger partial charge < -0.3 is 20.4 Å². The summed E-state index contributed by atoms with van der Waals surface area (Å²) in [6.45, 7) is 0.486. The molecule has 82 heavy (non-hydrogen) atoms. The first kappa shape index (κ1) is 68.3. The van der Waals surface area contributed by atoms with Gasteiger partial charge in [-0.15, -0.1) is 35.0 Å². The summed E-state index contributed by atoms with van der Waals surface area (Å²) in [6, 6.07) is 79.5. The van der Waals surface area contributed by atoms with Crippen LogP contribution in [0.3, 0.4) is 0 Å².